The van der Waals surface area contributed by atoms with Crippen molar-refractivity contribution >= 4 is 11.7 Å². The maximum Gasteiger partial charge on any atom is 0.231 e. The van der Waals surface area contributed by atoms with E-state index in [0.717, 1.165) is 55.4 Å². The number of hydrogen-bond donors (Lipinski definition) is 1. The first-order valence-corrected chi connectivity index (χ1v) is 12.4. The number of aromatic nitrogens is 2. The van der Waals surface area contributed by atoms with E-state index >= 15 is 0 Å². The summed E-state index contributed by atoms with van der Waals surface area (Å²) in [4.78, 5) is 29.4. The quantitative estimate of drug-likeness (QED) is 0.757. The molecule has 7 heteroatoms. The number of aryl methyl sites for hydroxylation is 1. The van der Waals surface area contributed by atoms with Crippen molar-refractivity contribution in [2.45, 2.75) is 51.0 Å². The van der Waals surface area contributed by atoms with E-state index in [-0.39, 0.29) is 17.7 Å². The molecule has 5 rings (SSSR count). The lowest BCUT2D eigenvalue weighted by Gasteiger charge is -2.38. The van der Waals surface area contributed by atoms with Crippen molar-refractivity contribution < 1.29 is 9.90 Å². The van der Waals surface area contributed by atoms with Gasteiger partial charge >= 0.3 is 0 Å². The highest BCUT2D eigenvalue weighted by Crippen LogP contribution is 2.42. The summed E-state index contributed by atoms with van der Waals surface area (Å²) >= 11 is 0. The number of carbonyl (C=O) groups excluding carboxylic acids is 1. The van der Waals surface area contributed by atoms with Gasteiger partial charge in [-0.05, 0) is 50.8 Å². The number of rotatable bonds is 5. The Morgan fingerprint density at radius 3 is 2.45 bits per heavy atom. The molecule has 1 amide bonds. The number of fused-ring (bicyclic) bond motifs is 1. The number of nitrogens with zero attached hydrogens (tertiary/aromatic N) is 5. The van der Waals surface area contributed by atoms with Crippen LogP contribution in [0.2, 0.25) is 0 Å². The smallest absolute Gasteiger partial charge is 0.231 e. The lowest BCUT2D eigenvalue weighted by Crippen LogP contribution is -2.51. The summed E-state index contributed by atoms with van der Waals surface area (Å²) in [5, 5.41) is 10.3. The van der Waals surface area contributed by atoms with Gasteiger partial charge in [0.25, 0.3) is 0 Å². The molecule has 2 fully saturated rings. The van der Waals surface area contributed by atoms with Crippen LogP contribution in [0.1, 0.15) is 66.5 Å². The average molecular weight is 450 g/mol. The molecule has 0 radical (unpaired) electrons. The van der Waals surface area contributed by atoms with Crippen molar-refractivity contribution in [3.63, 3.8) is 0 Å². The Morgan fingerprint density at radius 2 is 1.76 bits per heavy atom. The first-order chi connectivity index (χ1) is 16.0. The Balaban J connectivity index is 1.30. The van der Waals surface area contributed by atoms with Gasteiger partial charge in [-0.25, -0.2) is 9.97 Å². The minimum atomic E-state index is -0.500. The monoisotopic (exact) mass is 449 g/mol. The van der Waals surface area contributed by atoms with Gasteiger partial charge in [-0.15, -0.1) is 0 Å². The maximum atomic E-state index is 13.7. The van der Waals surface area contributed by atoms with E-state index in [9.17, 15) is 9.90 Å². The van der Waals surface area contributed by atoms with Crippen LogP contribution in [-0.4, -0.2) is 76.6 Å². The molecule has 176 valence electrons. The van der Waals surface area contributed by atoms with Gasteiger partial charge < -0.3 is 19.8 Å². The number of aliphatic hydroxyl groups is 1. The maximum absolute atomic E-state index is 13.7. The van der Waals surface area contributed by atoms with Crippen molar-refractivity contribution in [1.82, 2.24) is 19.8 Å². The van der Waals surface area contributed by atoms with E-state index in [1.54, 1.807) is 6.33 Å². The molecule has 3 heterocycles. The second kappa shape index (κ2) is 9.39. The third kappa shape index (κ3) is 4.49. The largest absolute Gasteiger partial charge is 0.387 e. The Labute approximate surface area is 196 Å². The molecule has 1 aliphatic carbocycles. The van der Waals surface area contributed by atoms with Gasteiger partial charge in [0.15, 0.2) is 0 Å². The highest BCUT2D eigenvalue weighted by atomic mass is 16.3. The topological polar surface area (TPSA) is 72.8 Å². The van der Waals surface area contributed by atoms with Crippen LogP contribution in [0.5, 0.6) is 0 Å². The van der Waals surface area contributed by atoms with Gasteiger partial charge in [0.05, 0.1) is 17.7 Å². The third-order valence-corrected chi connectivity index (χ3v) is 7.59. The SMILES string of the molecule is Cc1ccc(C(CN2CCCC2)C(=O)N2CCN(c3ncnc4c3[C@H](C)C[C@H]4O)CC2)cc1. The molecule has 33 heavy (non-hydrogen) atoms. The Hall–Kier alpha value is -2.51. The highest BCUT2D eigenvalue weighted by molar-refractivity contribution is 5.84. The van der Waals surface area contributed by atoms with Crippen LogP contribution < -0.4 is 4.90 Å². The second-order valence-corrected chi connectivity index (χ2v) is 9.93. The van der Waals surface area contributed by atoms with Crippen molar-refractivity contribution in [2.24, 2.45) is 0 Å². The summed E-state index contributed by atoms with van der Waals surface area (Å²) in [6, 6.07) is 8.48. The second-order valence-electron chi connectivity index (χ2n) is 9.93. The molecule has 3 aliphatic rings. The molecule has 1 aromatic heterocycles. The average Bonchev–Trinajstić information content (AvgIpc) is 3.45. The van der Waals surface area contributed by atoms with Crippen LogP contribution >= 0.6 is 0 Å². The fraction of sp³-hybridized carbons (Fsp3) is 0.577. The number of anilines is 1. The molecule has 2 aliphatic heterocycles. The number of hydrogen-bond acceptors (Lipinski definition) is 6. The van der Waals surface area contributed by atoms with Gasteiger partial charge in [-0.2, -0.15) is 0 Å². The molecule has 7 nitrogen and oxygen atoms in total. The number of likely N-dealkylation sites (tertiary alicyclic amines) is 1. The zero-order valence-corrected chi connectivity index (χ0v) is 19.8. The van der Waals surface area contributed by atoms with Crippen LogP contribution in [0, 0.1) is 6.92 Å². The molecule has 2 saturated heterocycles. The minimum Gasteiger partial charge on any atom is -0.387 e. The predicted octanol–water partition coefficient (Wildman–Crippen LogP) is 2.85. The molecule has 1 aromatic carbocycles. The number of carbonyl (C=O) groups is 1. The molecule has 2 aromatic rings. The van der Waals surface area contributed by atoms with Crippen LogP contribution in [-0.2, 0) is 4.79 Å². The molecule has 0 spiro atoms. The lowest BCUT2D eigenvalue weighted by atomic mass is 9.95. The summed E-state index contributed by atoms with van der Waals surface area (Å²) in [6.45, 7) is 10.1. The van der Waals surface area contributed by atoms with E-state index in [1.165, 1.54) is 18.4 Å². The van der Waals surface area contributed by atoms with Crippen LogP contribution in [0.25, 0.3) is 0 Å². The predicted molar refractivity (Wildman–Crippen MR) is 128 cm³/mol. The minimum absolute atomic E-state index is 0.117. The third-order valence-electron chi connectivity index (χ3n) is 7.59. The number of amides is 1. The molecule has 1 unspecified atom stereocenters. The number of benzene rings is 1. The molecule has 3 atom stereocenters. The zero-order valence-electron chi connectivity index (χ0n) is 19.8. The van der Waals surface area contributed by atoms with Crippen LogP contribution in [0.4, 0.5) is 5.82 Å². The van der Waals surface area contributed by atoms with Crippen LogP contribution in [0.15, 0.2) is 30.6 Å². The van der Waals surface area contributed by atoms with Crippen molar-refractivity contribution in [1.29, 1.82) is 0 Å². The summed E-state index contributed by atoms with van der Waals surface area (Å²) in [5.41, 5.74) is 4.19. The standard InChI is InChI=1S/C26H35N5O2/c1-18-5-7-20(8-6-18)21(16-29-9-3-4-10-29)26(33)31-13-11-30(12-14-31)25-23-19(2)15-22(32)24(23)27-17-28-25/h5-8,17,19,21-22,32H,3-4,9-16H2,1-2H3/t19-,21?,22-/m1/s1. The Kier molecular flexibility index (Phi) is 6.34. The molecule has 0 saturated carbocycles. The fourth-order valence-corrected chi connectivity index (χ4v) is 5.66. The van der Waals surface area contributed by atoms with Crippen molar-refractivity contribution in [3.05, 3.63) is 53.0 Å². The normalized spacial score (nSPS) is 24.2. The van der Waals surface area contributed by atoms with Gasteiger partial charge in [-0.3, -0.25) is 4.79 Å². The molecule has 1 N–H and O–H groups in total. The van der Waals surface area contributed by atoms with E-state index in [1.807, 2.05) is 4.90 Å². The number of aliphatic hydroxyl groups excluding tert-OH is 1. The van der Waals surface area contributed by atoms with Gasteiger partial charge in [0.2, 0.25) is 5.91 Å². The highest BCUT2D eigenvalue weighted by Gasteiger charge is 2.35. The first-order valence-electron chi connectivity index (χ1n) is 12.4. The Morgan fingerprint density at radius 1 is 1.06 bits per heavy atom. The van der Waals surface area contributed by atoms with E-state index < -0.39 is 6.10 Å². The van der Waals surface area contributed by atoms with Gasteiger partial charge in [0.1, 0.15) is 12.1 Å². The van der Waals surface area contributed by atoms with Crippen molar-refractivity contribution in [2.75, 3.05) is 50.7 Å². The van der Waals surface area contributed by atoms with E-state index in [0.29, 0.717) is 19.5 Å². The summed E-state index contributed by atoms with van der Waals surface area (Å²) in [5.74, 6) is 1.30. The van der Waals surface area contributed by atoms with E-state index in [4.69, 9.17) is 0 Å². The van der Waals surface area contributed by atoms with Crippen molar-refractivity contribution in [3.8, 4) is 0 Å². The first kappa shape index (κ1) is 22.3. The molecular weight excluding hydrogens is 414 g/mol. The van der Waals surface area contributed by atoms with E-state index in [2.05, 4.69) is 57.9 Å². The fourth-order valence-electron chi connectivity index (χ4n) is 5.66. The molecule has 0 bridgehead atoms. The lowest BCUT2D eigenvalue weighted by molar-refractivity contribution is -0.133. The van der Waals surface area contributed by atoms with Gasteiger partial charge in [0, 0.05) is 38.3 Å². The van der Waals surface area contributed by atoms with Gasteiger partial charge in [-0.1, -0.05) is 36.8 Å². The van der Waals surface area contributed by atoms with Crippen LogP contribution in [0.3, 0.4) is 0 Å². The summed E-state index contributed by atoms with van der Waals surface area (Å²) in [7, 11) is 0. The number of piperazine rings is 1. The Bertz CT molecular complexity index is 981. The molecular formula is C26H35N5O2. The summed E-state index contributed by atoms with van der Waals surface area (Å²) < 4.78 is 0. The summed E-state index contributed by atoms with van der Waals surface area (Å²) in [6.07, 6.45) is 4.22. The zero-order chi connectivity index (χ0) is 22.9.